The summed E-state index contributed by atoms with van der Waals surface area (Å²) in [5.41, 5.74) is 0.334. The highest BCUT2D eigenvalue weighted by Gasteiger charge is 2.50. The van der Waals surface area contributed by atoms with E-state index in [0.29, 0.717) is 11.3 Å². The van der Waals surface area contributed by atoms with Crippen molar-refractivity contribution >= 4 is 23.4 Å². The van der Waals surface area contributed by atoms with E-state index in [4.69, 9.17) is 16.3 Å². The smallest absolute Gasteiger partial charge is 0.258 e. The van der Waals surface area contributed by atoms with Crippen molar-refractivity contribution in [1.82, 2.24) is 15.6 Å². The van der Waals surface area contributed by atoms with Crippen molar-refractivity contribution in [3.05, 3.63) is 58.6 Å². The molecule has 1 aromatic heterocycles. The lowest BCUT2D eigenvalue weighted by atomic mass is 9.61. The molecule has 0 unspecified atom stereocenters. The Balaban J connectivity index is 1.30. The first-order valence-corrected chi connectivity index (χ1v) is 11.0. The number of benzene rings is 1. The summed E-state index contributed by atoms with van der Waals surface area (Å²) in [4.78, 5) is 29.2. The third-order valence-corrected chi connectivity index (χ3v) is 6.84. The number of ether oxygens (including phenoxy) is 1. The van der Waals surface area contributed by atoms with Crippen LogP contribution in [0.2, 0.25) is 5.02 Å². The van der Waals surface area contributed by atoms with Crippen LogP contribution in [0.3, 0.4) is 0 Å². The minimum atomic E-state index is -0.597. The van der Waals surface area contributed by atoms with Gasteiger partial charge in [-0.2, -0.15) is 0 Å². The molecule has 3 aliphatic rings. The predicted molar refractivity (Wildman–Crippen MR) is 116 cm³/mol. The number of carbonyl (C=O) groups excluding carboxylic acids is 2. The Bertz CT molecular complexity index is 1010. The molecule has 2 amide bonds. The summed E-state index contributed by atoms with van der Waals surface area (Å²) < 4.78 is 18.9. The molecule has 32 heavy (non-hydrogen) atoms. The van der Waals surface area contributed by atoms with E-state index >= 15 is 0 Å². The van der Waals surface area contributed by atoms with E-state index in [1.54, 1.807) is 12.1 Å². The number of aromatic nitrogens is 1. The molecule has 2 aromatic rings. The van der Waals surface area contributed by atoms with Gasteiger partial charge < -0.3 is 20.5 Å². The molecule has 9 heteroatoms. The lowest BCUT2D eigenvalue weighted by molar-refractivity contribution is -0.126. The highest BCUT2D eigenvalue weighted by molar-refractivity contribution is 6.30. The van der Waals surface area contributed by atoms with E-state index in [2.05, 4.69) is 15.6 Å². The van der Waals surface area contributed by atoms with Crippen molar-refractivity contribution in [2.45, 2.75) is 56.2 Å². The van der Waals surface area contributed by atoms with Gasteiger partial charge in [-0.1, -0.05) is 11.6 Å². The molecule has 1 aromatic carbocycles. The summed E-state index contributed by atoms with van der Waals surface area (Å²) in [5.74, 6) is -0.786. The van der Waals surface area contributed by atoms with Gasteiger partial charge in [0.2, 0.25) is 0 Å². The zero-order valence-corrected chi connectivity index (χ0v) is 18.3. The Hall–Kier alpha value is -2.71. The first kappa shape index (κ1) is 22.5. The second kappa shape index (κ2) is 9.03. The third kappa shape index (κ3) is 4.86. The van der Waals surface area contributed by atoms with E-state index in [-0.39, 0.29) is 46.9 Å². The number of carbonyl (C=O) groups is 2. The molecule has 0 radical (unpaired) electrons. The largest absolute Gasteiger partial charge is 0.484 e. The average Bonchev–Trinajstić information content (AvgIpc) is 2.81. The quantitative estimate of drug-likeness (QED) is 0.588. The van der Waals surface area contributed by atoms with E-state index in [9.17, 15) is 19.1 Å². The van der Waals surface area contributed by atoms with E-state index < -0.39 is 5.82 Å². The number of aliphatic hydroxyl groups is 1. The van der Waals surface area contributed by atoms with Gasteiger partial charge in [0, 0.05) is 28.9 Å². The minimum absolute atomic E-state index is 0.00144. The molecule has 3 fully saturated rings. The fraction of sp³-hybridized carbons (Fsp3) is 0.435. The normalized spacial score (nSPS) is 24.1. The Kier molecular flexibility index (Phi) is 6.35. The topological polar surface area (TPSA) is 101 Å². The van der Waals surface area contributed by atoms with Crippen LogP contribution in [0.4, 0.5) is 4.39 Å². The number of hydrogen-bond donors (Lipinski definition) is 3. The second-order valence-electron chi connectivity index (χ2n) is 8.62. The van der Waals surface area contributed by atoms with E-state index in [0.717, 1.165) is 44.6 Å². The van der Waals surface area contributed by atoms with Crippen LogP contribution in [-0.4, -0.2) is 39.6 Å². The van der Waals surface area contributed by atoms with Crippen LogP contribution in [0.5, 0.6) is 5.75 Å². The lowest BCUT2D eigenvalue weighted by Gasteiger charge is -2.53. The first-order valence-electron chi connectivity index (χ1n) is 10.6. The second-order valence-corrected chi connectivity index (χ2v) is 9.03. The van der Waals surface area contributed by atoms with Crippen LogP contribution in [-0.2, 0) is 11.4 Å². The number of hydrogen-bond acceptors (Lipinski definition) is 5. The molecule has 1 heterocycles. The number of rotatable bonds is 7. The predicted octanol–water partition coefficient (Wildman–Crippen LogP) is 3.14. The summed E-state index contributed by atoms with van der Waals surface area (Å²) in [6.45, 7) is -0.426. The van der Waals surface area contributed by atoms with Gasteiger partial charge in [-0.05, 0) is 62.8 Å². The monoisotopic (exact) mass is 461 g/mol. The molecule has 5 rings (SSSR count). The van der Waals surface area contributed by atoms with Gasteiger partial charge in [0.15, 0.2) is 6.61 Å². The molecule has 3 saturated carbocycles. The number of nitrogens with one attached hydrogen (secondary N) is 2. The van der Waals surface area contributed by atoms with Crippen LogP contribution in [0.25, 0.3) is 0 Å². The summed E-state index contributed by atoms with van der Waals surface area (Å²) in [6, 6.07) is 7.28. The highest BCUT2D eigenvalue weighted by Crippen LogP contribution is 2.47. The van der Waals surface area contributed by atoms with Crippen LogP contribution in [0, 0.1) is 5.82 Å². The lowest BCUT2D eigenvalue weighted by Crippen LogP contribution is -2.64. The Labute approximate surface area is 190 Å². The van der Waals surface area contributed by atoms with Gasteiger partial charge >= 0.3 is 0 Å². The maximum atomic E-state index is 13.5. The fourth-order valence-corrected chi connectivity index (χ4v) is 4.74. The number of amides is 2. The molecule has 0 aliphatic heterocycles. The van der Waals surface area contributed by atoms with Crippen molar-refractivity contribution in [3.63, 3.8) is 0 Å². The standard InChI is InChI=1S/C23H25ClFN3O4/c24-18-2-1-17(12-19(18)25)32-14-20(30)27-22-4-7-23(8-5-22,9-6-22)28-21(31)15-3-10-26-16(11-15)13-29/h1-3,10-12,29H,4-9,13-14H2,(H,27,30)(H,28,31). The van der Waals surface area contributed by atoms with Crippen LogP contribution in [0.1, 0.15) is 54.6 Å². The molecule has 0 spiro atoms. The maximum absolute atomic E-state index is 13.5. The highest BCUT2D eigenvalue weighted by atomic mass is 35.5. The zero-order chi connectivity index (χ0) is 22.8. The molecule has 2 bridgehead atoms. The first-order chi connectivity index (χ1) is 15.3. The SMILES string of the molecule is O=C(COc1ccc(Cl)c(F)c1)NC12CCC(NC(=O)c3ccnc(CO)c3)(CC1)CC2. The van der Waals surface area contributed by atoms with Crippen LogP contribution in [0.15, 0.2) is 36.5 Å². The van der Waals surface area contributed by atoms with Gasteiger partial charge in [-0.25, -0.2) is 4.39 Å². The maximum Gasteiger partial charge on any atom is 0.258 e. The fourth-order valence-electron chi connectivity index (χ4n) is 4.63. The van der Waals surface area contributed by atoms with Crippen molar-refractivity contribution in [2.24, 2.45) is 0 Å². The molecular weight excluding hydrogens is 437 g/mol. The van der Waals surface area contributed by atoms with Gasteiger partial charge in [-0.3, -0.25) is 14.6 Å². The van der Waals surface area contributed by atoms with Crippen molar-refractivity contribution in [3.8, 4) is 5.75 Å². The number of nitrogens with zero attached hydrogens (tertiary/aromatic N) is 1. The molecular formula is C23H25ClFN3O4. The van der Waals surface area contributed by atoms with E-state index in [1.807, 2.05) is 0 Å². The summed E-state index contributed by atoms with van der Waals surface area (Å²) >= 11 is 5.66. The van der Waals surface area contributed by atoms with E-state index in [1.165, 1.54) is 18.3 Å². The van der Waals surface area contributed by atoms with Gasteiger partial charge in [0.1, 0.15) is 11.6 Å². The molecule has 0 atom stereocenters. The van der Waals surface area contributed by atoms with Crippen molar-refractivity contribution in [1.29, 1.82) is 0 Å². The molecule has 3 aliphatic carbocycles. The number of fused-ring (bicyclic) bond motifs is 3. The molecule has 3 N–H and O–H groups in total. The van der Waals surface area contributed by atoms with Crippen molar-refractivity contribution in [2.75, 3.05) is 6.61 Å². The number of halogens is 2. The summed E-state index contributed by atoms with van der Waals surface area (Å²) in [5, 5.41) is 15.5. The third-order valence-electron chi connectivity index (χ3n) is 6.53. The molecule has 0 saturated heterocycles. The van der Waals surface area contributed by atoms with Crippen molar-refractivity contribution < 1.29 is 23.8 Å². The van der Waals surface area contributed by atoms with Crippen LogP contribution >= 0.6 is 11.6 Å². The van der Waals surface area contributed by atoms with Gasteiger partial charge in [-0.15, -0.1) is 0 Å². The number of pyridine rings is 1. The zero-order valence-electron chi connectivity index (χ0n) is 17.5. The Morgan fingerprint density at radius 1 is 1.06 bits per heavy atom. The van der Waals surface area contributed by atoms with Crippen LogP contribution < -0.4 is 15.4 Å². The van der Waals surface area contributed by atoms with Gasteiger partial charge in [0.05, 0.1) is 17.3 Å². The number of aliphatic hydroxyl groups excluding tert-OH is 1. The minimum Gasteiger partial charge on any atom is -0.484 e. The molecule has 170 valence electrons. The average molecular weight is 462 g/mol. The summed E-state index contributed by atoms with van der Waals surface area (Å²) in [7, 11) is 0. The Morgan fingerprint density at radius 2 is 1.72 bits per heavy atom. The van der Waals surface area contributed by atoms with Gasteiger partial charge in [0.25, 0.3) is 11.8 Å². The molecule has 7 nitrogen and oxygen atoms in total. The Morgan fingerprint density at radius 3 is 2.34 bits per heavy atom. The summed E-state index contributed by atoms with van der Waals surface area (Å²) in [6.07, 6.45) is 6.08.